The molecule has 1 aliphatic heterocycles. The number of nitrogens with zero attached hydrogens (tertiary/aromatic N) is 2. The molecule has 2 atom stereocenters. The molecule has 1 aliphatic rings. The van der Waals surface area contributed by atoms with E-state index < -0.39 is 27.6 Å². The lowest BCUT2D eigenvalue weighted by molar-refractivity contribution is -0.151. The number of methoxy groups -OCH3 is 1. The molecule has 0 aromatic heterocycles. The third-order valence-electron chi connectivity index (χ3n) is 6.46. The van der Waals surface area contributed by atoms with Gasteiger partial charge in [-0.2, -0.15) is 0 Å². The van der Waals surface area contributed by atoms with Crippen LogP contribution in [0.3, 0.4) is 0 Å². The molecule has 0 radical (unpaired) electrons. The minimum Gasteiger partial charge on any atom is -0.497 e. The average Bonchev–Trinajstić information content (AvgIpc) is 3.31. The molecule has 4 rings (SSSR count). The van der Waals surface area contributed by atoms with Crippen molar-refractivity contribution in [3.05, 3.63) is 105 Å². The molecule has 0 fully saturated rings. The minimum absolute atomic E-state index is 0.0326. The Hall–Kier alpha value is -3.53. The van der Waals surface area contributed by atoms with E-state index in [9.17, 15) is 13.2 Å². The van der Waals surface area contributed by atoms with Crippen LogP contribution in [0.4, 0.5) is 0 Å². The fraction of sp³-hybridized carbons (Fsp3) is 0.267. The summed E-state index contributed by atoms with van der Waals surface area (Å²) in [5.41, 5.74) is -0.737. The topological polar surface area (TPSA) is 94.5 Å². The van der Waals surface area contributed by atoms with Crippen molar-refractivity contribution >= 4 is 45.0 Å². The van der Waals surface area contributed by atoms with Crippen molar-refractivity contribution in [1.29, 1.82) is 0 Å². The number of halogens is 2. The van der Waals surface area contributed by atoms with Crippen molar-refractivity contribution in [2.75, 3.05) is 13.7 Å². The van der Waals surface area contributed by atoms with E-state index in [0.717, 1.165) is 9.71 Å². The Balaban J connectivity index is 2.16. The Kier molecular flexibility index (Phi) is 9.01. The summed E-state index contributed by atoms with van der Waals surface area (Å²) in [7, 11) is -2.77. The number of hydrogen-bond acceptors (Lipinski definition) is 7. The van der Waals surface area contributed by atoms with Crippen LogP contribution in [0.1, 0.15) is 43.5 Å². The van der Waals surface area contributed by atoms with E-state index in [-0.39, 0.29) is 18.5 Å². The number of esters is 1. The van der Waals surface area contributed by atoms with E-state index in [1.807, 2.05) is 13.8 Å². The van der Waals surface area contributed by atoms with E-state index in [1.165, 1.54) is 7.11 Å². The Bertz CT molecular complexity index is 1570. The van der Waals surface area contributed by atoms with Crippen molar-refractivity contribution in [2.24, 2.45) is 4.99 Å². The quantitative estimate of drug-likeness (QED) is 0.241. The average molecular weight is 618 g/mol. The van der Waals surface area contributed by atoms with Crippen LogP contribution in [0.2, 0.25) is 10.0 Å². The van der Waals surface area contributed by atoms with Gasteiger partial charge in [0, 0.05) is 21.5 Å². The van der Waals surface area contributed by atoms with E-state index in [0.29, 0.717) is 38.2 Å². The van der Waals surface area contributed by atoms with Gasteiger partial charge in [0.2, 0.25) is 5.54 Å². The predicted octanol–water partition coefficient (Wildman–Crippen LogP) is 6.52. The molecule has 0 unspecified atom stereocenters. The van der Waals surface area contributed by atoms with E-state index in [1.54, 1.807) is 73.7 Å². The van der Waals surface area contributed by atoms with Crippen LogP contribution in [0, 0.1) is 0 Å². The Morgan fingerprint density at radius 2 is 1.68 bits per heavy atom. The molecule has 11 heteroatoms. The lowest BCUT2D eigenvalue weighted by Crippen LogP contribution is -2.46. The van der Waals surface area contributed by atoms with Gasteiger partial charge in [0.05, 0.1) is 25.4 Å². The lowest BCUT2D eigenvalue weighted by atomic mass is 9.80. The van der Waals surface area contributed by atoms with Crippen LogP contribution >= 0.6 is 23.2 Å². The number of aliphatic imine (C=N–C) groups is 1. The van der Waals surface area contributed by atoms with Gasteiger partial charge in [-0.3, -0.25) is 0 Å². The number of benzene rings is 3. The van der Waals surface area contributed by atoms with Crippen LogP contribution in [-0.2, 0) is 25.1 Å². The van der Waals surface area contributed by atoms with Crippen molar-refractivity contribution in [3.63, 3.8) is 0 Å². The van der Waals surface area contributed by atoms with Gasteiger partial charge in [-0.05, 0) is 68.3 Å². The third kappa shape index (κ3) is 5.80. The molecule has 3 aromatic rings. The highest BCUT2D eigenvalue weighted by Crippen LogP contribution is 2.52. The van der Waals surface area contributed by atoms with Crippen molar-refractivity contribution in [2.45, 2.75) is 38.5 Å². The first-order valence-electron chi connectivity index (χ1n) is 12.8. The molecule has 8 nitrogen and oxygen atoms in total. The second-order valence-electron chi connectivity index (χ2n) is 9.42. The molecular formula is C30H30Cl2N2O6S. The Morgan fingerprint density at radius 1 is 1.07 bits per heavy atom. The molecule has 0 N–H and O–H groups in total. The maximum Gasteiger partial charge on any atom is 0.341 e. The second-order valence-corrected chi connectivity index (χ2v) is 12.0. The normalized spacial score (nSPS) is 18.7. The summed E-state index contributed by atoms with van der Waals surface area (Å²) in [6.07, 6.45) is -0.273. The molecule has 0 saturated heterocycles. The minimum atomic E-state index is -4.29. The van der Waals surface area contributed by atoms with Gasteiger partial charge < -0.3 is 14.2 Å². The summed E-state index contributed by atoms with van der Waals surface area (Å²) in [5, 5.41) is 1.68. The molecule has 0 amide bonds. The zero-order valence-electron chi connectivity index (χ0n) is 23.0. The first-order chi connectivity index (χ1) is 19.5. The lowest BCUT2D eigenvalue weighted by Gasteiger charge is -2.35. The Labute approximate surface area is 250 Å². The smallest absolute Gasteiger partial charge is 0.341 e. The van der Waals surface area contributed by atoms with Crippen LogP contribution in [0.15, 0.2) is 83.7 Å². The zero-order chi connectivity index (χ0) is 29.9. The highest BCUT2D eigenvalue weighted by molar-refractivity contribution is 7.92. The van der Waals surface area contributed by atoms with E-state index in [2.05, 4.69) is 6.58 Å². The van der Waals surface area contributed by atoms with Gasteiger partial charge in [0.15, 0.2) is 5.84 Å². The maximum absolute atomic E-state index is 14.1. The molecule has 41 heavy (non-hydrogen) atoms. The summed E-state index contributed by atoms with van der Waals surface area (Å²) >= 11 is 12.4. The molecule has 0 spiro atoms. The number of carbonyl (C=O) groups excluding carboxylic acids is 1. The zero-order valence-corrected chi connectivity index (χ0v) is 25.3. The van der Waals surface area contributed by atoms with Crippen LogP contribution in [0.25, 0.3) is 0 Å². The van der Waals surface area contributed by atoms with Gasteiger partial charge in [0.1, 0.15) is 17.5 Å². The fourth-order valence-electron chi connectivity index (χ4n) is 4.73. The highest BCUT2D eigenvalue weighted by Gasteiger charge is 2.60. The van der Waals surface area contributed by atoms with E-state index >= 15 is 0 Å². The van der Waals surface area contributed by atoms with Crippen LogP contribution in [0.5, 0.6) is 11.5 Å². The molecular weight excluding hydrogens is 587 g/mol. The highest BCUT2D eigenvalue weighted by atomic mass is 35.5. The number of ether oxygens (including phenoxy) is 3. The first kappa shape index (κ1) is 30.4. The number of rotatable bonds is 10. The number of hydrogen-bond donors (Lipinski definition) is 0. The van der Waals surface area contributed by atoms with Crippen LogP contribution in [-0.4, -0.2) is 44.3 Å². The van der Waals surface area contributed by atoms with Crippen molar-refractivity contribution in [3.8, 4) is 11.5 Å². The number of carbonyl (C=O) groups is 1. The number of sulfonamides is 1. The number of amidine groups is 1. The summed E-state index contributed by atoms with van der Waals surface area (Å²) in [4.78, 5) is 19.1. The van der Waals surface area contributed by atoms with Gasteiger partial charge in [-0.25, -0.2) is 22.5 Å². The fourth-order valence-corrected chi connectivity index (χ4v) is 6.09. The SMILES string of the molecule is C=CS(=O)(=O)N1C(c2ccc(OC)cc2OC(C)C)=N[C@](C(=O)OCC)(c2ccc(Cl)cc2)[C@@H]1c1ccc(Cl)cc1. The van der Waals surface area contributed by atoms with Gasteiger partial charge in [-0.15, -0.1) is 0 Å². The Morgan fingerprint density at radius 3 is 2.22 bits per heavy atom. The van der Waals surface area contributed by atoms with Gasteiger partial charge in [-0.1, -0.05) is 54.0 Å². The molecule has 0 saturated carbocycles. The molecule has 3 aromatic carbocycles. The molecule has 1 heterocycles. The first-order valence-corrected chi connectivity index (χ1v) is 15.0. The summed E-state index contributed by atoms with van der Waals surface area (Å²) in [6.45, 7) is 8.94. The molecule has 216 valence electrons. The summed E-state index contributed by atoms with van der Waals surface area (Å²) in [5.74, 6) is 0.0187. The largest absolute Gasteiger partial charge is 0.497 e. The third-order valence-corrected chi connectivity index (χ3v) is 8.31. The van der Waals surface area contributed by atoms with E-state index in [4.69, 9.17) is 42.4 Å². The van der Waals surface area contributed by atoms with Crippen LogP contribution < -0.4 is 9.47 Å². The second kappa shape index (κ2) is 12.1. The van der Waals surface area contributed by atoms with Gasteiger partial charge in [0.25, 0.3) is 10.0 Å². The monoisotopic (exact) mass is 616 g/mol. The maximum atomic E-state index is 14.1. The molecule has 0 bridgehead atoms. The van der Waals surface area contributed by atoms with Crippen molar-refractivity contribution in [1.82, 2.24) is 4.31 Å². The summed E-state index contributed by atoms with van der Waals surface area (Å²) in [6, 6.07) is 16.7. The van der Waals surface area contributed by atoms with Crippen molar-refractivity contribution < 1.29 is 27.4 Å². The predicted molar refractivity (Wildman–Crippen MR) is 160 cm³/mol. The standard InChI is InChI=1S/C30H30Cl2N2O6S/c1-6-39-29(35)30(21-10-14-23(32)15-11-21)27(20-8-12-22(31)13-9-20)34(41(36,37)7-2)28(33-30)25-17-16-24(38-5)18-26(25)40-19(3)4/h7-19,27H,2,6H2,1,3-5H3/t27-,30+/m0/s1. The van der Waals surface area contributed by atoms with Gasteiger partial charge >= 0.3 is 5.97 Å². The summed E-state index contributed by atoms with van der Waals surface area (Å²) < 4.78 is 46.0. The molecule has 0 aliphatic carbocycles.